The van der Waals surface area contributed by atoms with Crippen LogP contribution >= 0.6 is 22.9 Å². The fourth-order valence-corrected chi connectivity index (χ4v) is 5.76. The van der Waals surface area contributed by atoms with Crippen LogP contribution in [0.3, 0.4) is 0 Å². The lowest BCUT2D eigenvalue weighted by Gasteiger charge is -2.42. The van der Waals surface area contributed by atoms with E-state index in [0.29, 0.717) is 54.6 Å². The minimum atomic E-state index is -0.720. The molecule has 0 aliphatic carbocycles. The average Bonchev–Trinajstić information content (AvgIpc) is 3.39. The molecular weight excluding hydrogens is 500 g/mol. The van der Waals surface area contributed by atoms with Gasteiger partial charge in [-0.25, -0.2) is 9.59 Å². The molecule has 0 radical (unpaired) electrons. The molecule has 2 atom stereocenters. The maximum absolute atomic E-state index is 13.3. The van der Waals surface area contributed by atoms with E-state index in [2.05, 4.69) is 10.2 Å². The molecule has 0 spiro atoms. The van der Waals surface area contributed by atoms with Crippen molar-refractivity contribution in [3.63, 3.8) is 0 Å². The number of rotatable bonds is 7. The summed E-state index contributed by atoms with van der Waals surface area (Å²) in [6.45, 7) is 8.44. The van der Waals surface area contributed by atoms with Crippen LogP contribution in [0.25, 0.3) is 0 Å². The maximum atomic E-state index is 13.3. The largest absolute Gasteiger partial charge is 0.463 e. The fraction of sp³-hybridized carbons (Fsp3) is 0.423. The summed E-state index contributed by atoms with van der Waals surface area (Å²) in [6.07, 6.45) is 0. The summed E-state index contributed by atoms with van der Waals surface area (Å²) < 4.78 is 5.44. The summed E-state index contributed by atoms with van der Waals surface area (Å²) in [7, 11) is 0. The summed E-state index contributed by atoms with van der Waals surface area (Å²) in [4.78, 5) is 45.7. The van der Waals surface area contributed by atoms with Crippen molar-refractivity contribution in [3.05, 3.63) is 68.5 Å². The van der Waals surface area contributed by atoms with E-state index < -0.39 is 12.0 Å². The van der Waals surface area contributed by atoms with Gasteiger partial charge in [-0.2, -0.15) is 0 Å². The van der Waals surface area contributed by atoms with Gasteiger partial charge in [0.05, 0.1) is 23.1 Å². The number of carbonyl (C=O) groups excluding carboxylic acids is 3. The van der Waals surface area contributed by atoms with Crippen LogP contribution in [0, 0.1) is 0 Å². The van der Waals surface area contributed by atoms with Crippen LogP contribution in [0.15, 0.2) is 53.0 Å². The summed E-state index contributed by atoms with van der Waals surface area (Å²) in [5.74, 6) is -0.440. The number of halogens is 1. The molecule has 1 aromatic carbocycles. The van der Waals surface area contributed by atoms with E-state index in [0.717, 1.165) is 4.88 Å². The fourth-order valence-electron chi connectivity index (χ4n) is 4.83. The van der Waals surface area contributed by atoms with Crippen LogP contribution in [0.2, 0.25) is 5.02 Å². The average molecular weight is 531 g/mol. The van der Waals surface area contributed by atoms with Crippen LogP contribution in [0.5, 0.6) is 0 Å². The Morgan fingerprint density at radius 1 is 1.17 bits per heavy atom. The van der Waals surface area contributed by atoms with Crippen LogP contribution in [-0.4, -0.2) is 78.0 Å². The first-order valence-corrected chi connectivity index (χ1v) is 13.4. The van der Waals surface area contributed by atoms with Crippen LogP contribution in [-0.2, 0) is 9.53 Å². The van der Waals surface area contributed by atoms with Crippen molar-refractivity contribution < 1.29 is 19.1 Å². The van der Waals surface area contributed by atoms with Gasteiger partial charge in [0.15, 0.2) is 0 Å². The van der Waals surface area contributed by atoms with Crippen LogP contribution in [0.4, 0.5) is 4.79 Å². The van der Waals surface area contributed by atoms with E-state index >= 15 is 0 Å². The van der Waals surface area contributed by atoms with Gasteiger partial charge in [-0.15, -0.1) is 11.3 Å². The van der Waals surface area contributed by atoms with Crippen molar-refractivity contribution in [1.82, 2.24) is 20.0 Å². The standard InChI is InChI=1S/C26H31ClN4O4S/c1-4-30-20(16-29-12-13-31(17(3)15-29)24(32)21-11-8-14-36-21)22(25(33)35-5-2)23(28-26(30)34)18-9-6-7-10-19(18)27/h6-11,14,17,23H,4-5,12-13,15-16H2,1-3H3,(H,28,34)/t17-,23-/m0/s1. The molecule has 1 saturated heterocycles. The molecule has 8 nitrogen and oxygen atoms in total. The summed E-state index contributed by atoms with van der Waals surface area (Å²) in [5, 5.41) is 5.32. The van der Waals surface area contributed by atoms with E-state index in [1.165, 1.54) is 11.3 Å². The zero-order valence-electron chi connectivity index (χ0n) is 20.7. The normalized spacial score (nSPS) is 20.9. The zero-order chi connectivity index (χ0) is 25.8. The lowest BCUT2D eigenvalue weighted by Crippen LogP contribution is -2.56. The van der Waals surface area contributed by atoms with Crippen molar-refractivity contribution in [3.8, 4) is 0 Å². The third-order valence-electron chi connectivity index (χ3n) is 6.54. The lowest BCUT2D eigenvalue weighted by molar-refractivity contribution is -0.139. The van der Waals surface area contributed by atoms with Gasteiger partial charge in [0, 0.05) is 49.5 Å². The number of esters is 1. The van der Waals surface area contributed by atoms with Crippen molar-refractivity contribution in [2.45, 2.75) is 32.9 Å². The Labute approximate surface area is 220 Å². The summed E-state index contributed by atoms with van der Waals surface area (Å²) in [5.41, 5.74) is 1.63. The summed E-state index contributed by atoms with van der Waals surface area (Å²) in [6, 6.07) is 9.88. The van der Waals surface area contributed by atoms with Crippen LogP contribution in [0.1, 0.15) is 42.0 Å². The highest BCUT2D eigenvalue weighted by Crippen LogP contribution is 2.35. The van der Waals surface area contributed by atoms with Gasteiger partial charge in [-0.3, -0.25) is 14.6 Å². The second-order valence-electron chi connectivity index (χ2n) is 8.79. The SMILES string of the molecule is CCOC(=O)C1=C(CN2CCN(C(=O)c3cccs3)[C@@H](C)C2)N(CC)C(=O)N[C@H]1c1ccccc1Cl. The number of nitrogens with zero attached hydrogens (tertiary/aromatic N) is 3. The number of hydrogen-bond donors (Lipinski definition) is 1. The first-order chi connectivity index (χ1) is 17.3. The number of benzene rings is 1. The Bertz CT molecular complexity index is 1150. The smallest absolute Gasteiger partial charge is 0.338 e. The quantitative estimate of drug-likeness (QED) is 0.544. The maximum Gasteiger partial charge on any atom is 0.338 e. The Kier molecular flexibility index (Phi) is 8.33. The van der Waals surface area contributed by atoms with Crippen LogP contribution < -0.4 is 5.32 Å². The van der Waals surface area contributed by atoms with E-state index in [-0.39, 0.29) is 24.6 Å². The molecule has 0 bridgehead atoms. The number of carbonyl (C=O) groups is 3. The molecule has 3 amide bonds. The molecule has 3 heterocycles. The predicted molar refractivity (Wildman–Crippen MR) is 140 cm³/mol. The van der Waals surface area contributed by atoms with Gasteiger partial charge in [0.2, 0.25) is 0 Å². The molecule has 2 aromatic rings. The van der Waals surface area contributed by atoms with Gasteiger partial charge in [0.1, 0.15) is 0 Å². The molecule has 0 unspecified atom stereocenters. The minimum absolute atomic E-state index is 0.0214. The molecular formula is C26H31ClN4O4S. The number of piperazine rings is 1. The van der Waals surface area contributed by atoms with Crippen molar-refractivity contribution in [2.24, 2.45) is 0 Å². The Morgan fingerprint density at radius 3 is 2.58 bits per heavy atom. The Balaban J connectivity index is 1.65. The second kappa shape index (κ2) is 11.5. The van der Waals surface area contributed by atoms with Crippen molar-refractivity contribution in [2.75, 3.05) is 39.3 Å². The topological polar surface area (TPSA) is 82.2 Å². The first kappa shape index (κ1) is 26.2. The number of likely N-dealkylation sites (N-methyl/N-ethyl adjacent to an activating group) is 1. The Morgan fingerprint density at radius 2 is 1.94 bits per heavy atom. The van der Waals surface area contributed by atoms with Crippen molar-refractivity contribution >= 4 is 40.8 Å². The van der Waals surface area contributed by atoms with E-state index in [1.54, 1.807) is 17.9 Å². The lowest BCUT2D eigenvalue weighted by atomic mass is 9.94. The van der Waals surface area contributed by atoms with Gasteiger partial charge in [0.25, 0.3) is 5.91 Å². The van der Waals surface area contributed by atoms with E-state index in [9.17, 15) is 14.4 Å². The molecule has 1 aromatic heterocycles. The third-order valence-corrected chi connectivity index (χ3v) is 7.75. The van der Waals surface area contributed by atoms with Gasteiger partial charge >= 0.3 is 12.0 Å². The molecule has 10 heteroatoms. The number of urea groups is 1. The Hall–Kier alpha value is -2.88. The molecule has 4 rings (SSSR count). The highest BCUT2D eigenvalue weighted by atomic mass is 35.5. The highest BCUT2D eigenvalue weighted by molar-refractivity contribution is 7.12. The minimum Gasteiger partial charge on any atom is -0.463 e. The van der Waals surface area contributed by atoms with Gasteiger partial charge in [-0.05, 0) is 43.8 Å². The number of ether oxygens (including phenoxy) is 1. The molecule has 1 fully saturated rings. The number of nitrogens with one attached hydrogen (secondary N) is 1. The second-order valence-corrected chi connectivity index (χ2v) is 10.1. The molecule has 1 N–H and O–H groups in total. The number of thiophene rings is 1. The first-order valence-electron chi connectivity index (χ1n) is 12.1. The number of amides is 3. The molecule has 36 heavy (non-hydrogen) atoms. The molecule has 2 aliphatic heterocycles. The van der Waals surface area contributed by atoms with E-state index in [1.807, 2.05) is 54.5 Å². The molecule has 192 valence electrons. The monoisotopic (exact) mass is 530 g/mol. The molecule has 0 saturated carbocycles. The summed E-state index contributed by atoms with van der Waals surface area (Å²) >= 11 is 7.92. The van der Waals surface area contributed by atoms with E-state index in [4.69, 9.17) is 16.3 Å². The predicted octanol–water partition coefficient (Wildman–Crippen LogP) is 4.15. The zero-order valence-corrected chi connectivity index (χ0v) is 22.3. The van der Waals surface area contributed by atoms with Gasteiger partial charge in [-0.1, -0.05) is 35.9 Å². The highest BCUT2D eigenvalue weighted by Gasteiger charge is 2.40. The number of hydrogen-bond acceptors (Lipinski definition) is 6. The third kappa shape index (κ3) is 5.28. The van der Waals surface area contributed by atoms with Gasteiger partial charge < -0.3 is 15.0 Å². The molecule has 2 aliphatic rings. The van der Waals surface area contributed by atoms with Crippen molar-refractivity contribution in [1.29, 1.82) is 0 Å².